The maximum absolute atomic E-state index is 5.95. The second-order valence-electron chi connectivity index (χ2n) is 4.74. The largest absolute Gasteiger partial charge is 0.375 e. The van der Waals surface area contributed by atoms with Crippen LogP contribution >= 0.6 is 0 Å². The van der Waals surface area contributed by atoms with Crippen LogP contribution < -0.4 is 5.73 Å². The third-order valence-corrected chi connectivity index (χ3v) is 4.08. The van der Waals surface area contributed by atoms with E-state index in [1.54, 1.807) is 0 Å². The van der Waals surface area contributed by atoms with E-state index < -0.39 is 0 Å². The van der Waals surface area contributed by atoms with Crippen molar-refractivity contribution in [1.82, 2.24) is 0 Å². The summed E-state index contributed by atoms with van der Waals surface area (Å²) in [5.41, 5.74) is 5.81. The minimum absolute atomic E-state index is 0.446. The molecule has 2 aliphatic rings. The van der Waals surface area contributed by atoms with Crippen molar-refractivity contribution in [2.45, 2.75) is 45.3 Å². The number of fused-ring (bicyclic) bond motifs is 1. The molecule has 0 aromatic heterocycles. The van der Waals surface area contributed by atoms with Crippen molar-refractivity contribution in [2.75, 3.05) is 6.54 Å². The monoisotopic (exact) mass is 183 g/mol. The van der Waals surface area contributed by atoms with E-state index in [1.165, 1.54) is 19.3 Å². The molecule has 5 atom stereocenters. The van der Waals surface area contributed by atoms with Gasteiger partial charge in [0.2, 0.25) is 0 Å². The Bertz CT molecular complexity index is 177. The van der Waals surface area contributed by atoms with Crippen molar-refractivity contribution >= 4 is 0 Å². The highest BCUT2D eigenvalue weighted by molar-refractivity contribution is 4.93. The van der Waals surface area contributed by atoms with Crippen LogP contribution in [0.25, 0.3) is 0 Å². The molecule has 0 unspecified atom stereocenters. The number of ether oxygens (including phenoxy) is 1. The van der Waals surface area contributed by atoms with E-state index in [4.69, 9.17) is 10.5 Å². The molecule has 2 nitrogen and oxygen atoms in total. The smallest absolute Gasteiger partial charge is 0.0613 e. The summed E-state index contributed by atoms with van der Waals surface area (Å²) in [5.74, 6) is 2.17. The van der Waals surface area contributed by atoms with Crippen LogP contribution in [0.5, 0.6) is 0 Å². The Balaban J connectivity index is 2.11. The molecule has 0 bridgehead atoms. The van der Waals surface area contributed by atoms with E-state index in [9.17, 15) is 0 Å². The summed E-state index contributed by atoms with van der Waals surface area (Å²) in [7, 11) is 0. The second-order valence-corrected chi connectivity index (χ2v) is 4.74. The number of rotatable bonds is 1. The third-order valence-electron chi connectivity index (χ3n) is 4.08. The lowest BCUT2D eigenvalue weighted by Gasteiger charge is -2.33. The Kier molecular flexibility index (Phi) is 2.61. The van der Waals surface area contributed by atoms with Crippen LogP contribution in [0.1, 0.15) is 33.1 Å². The Hall–Kier alpha value is -0.0800. The molecule has 2 fully saturated rings. The molecule has 0 radical (unpaired) electrons. The fraction of sp³-hybridized carbons (Fsp3) is 1.00. The molecule has 0 aromatic carbocycles. The average Bonchev–Trinajstić information content (AvgIpc) is 2.43. The summed E-state index contributed by atoms with van der Waals surface area (Å²) >= 11 is 0. The van der Waals surface area contributed by atoms with Gasteiger partial charge in [0.05, 0.1) is 12.2 Å². The maximum Gasteiger partial charge on any atom is 0.0613 e. The highest BCUT2D eigenvalue weighted by Crippen LogP contribution is 2.44. The summed E-state index contributed by atoms with van der Waals surface area (Å²) in [4.78, 5) is 0. The summed E-state index contributed by atoms with van der Waals surface area (Å²) in [6.07, 6.45) is 4.85. The first-order chi connectivity index (χ1) is 6.24. The van der Waals surface area contributed by atoms with E-state index in [2.05, 4.69) is 13.8 Å². The van der Waals surface area contributed by atoms with Gasteiger partial charge in [-0.25, -0.2) is 0 Å². The van der Waals surface area contributed by atoms with Crippen LogP contribution in [0.2, 0.25) is 0 Å². The topological polar surface area (TPSA) is 35.2 Å². The molecule has 1 aliphatic carbocycles. The third kappa shape index (κ3) is 1.50. The molecule has 2 N–H and O–H groups in total. The Morgan fingerprint density at radius 2 is 2.08 bits per heavy atom. The molecule has 1 aliphatic heterocycles. The lowest BCUT2D eigenvalue weighted by Crippen LogP contribution is -2.36. The molecule has 0 amide bonds. The second kappa shape index (κ2) is 3.58. The molecule has 0 spiro atoms. The fourth-order valence-electron chi connectivity index (χ4n) is 3.18. The van der Waals surface area contributed by atoms with E-state index in [-0.39, 0.29) is 0 Å². The number of hydrogen-bond donors (Lipinski definition) is 1. The molecule has 0 aromatic rings. The van der Waals surface area contributed by atoms with E-state index in [0.717, 1.165) is 18.4 Å². The highest BCUT2D eigenvalue weighted by Gasteiger charge is 2.44. The Labute approximate surface area is 80.8 Å². The fourth-order valence-corrected chi connectivity index (χ4v) is 3.18. The molecule has 76 valence electrons. The molecular weight excluding hydrogens is 162 g/mol. The van der Waals surface area contributed by atoms with Gasteiger partial charge in [0.25, 0.3) is 0 Å². The van der Waals surface area contributed by atoms with E-state index in [1.807, 2.05) is 0 Å². The minimum atomic E-state index is 0.446. The normalized spacial score (nSPS) is 50.5. The van der Waals surface area contributed by atoms with Gasteiger partial charge in [-0.15, -0.1) is 0 Å². The predicted molar refractivity (Wildman–Crippen MR) is 53.4 cm³/mol. The van der Waals surface area contributed by atoms with Crippen LogP contribution in [-0.4, -0.2) is 18.8 Å². The van der Waals surface area contributed by atoms with E-state index >= 15 is 0 Å². The molecule has 1 saturated heterocycles. The first-order valence-corrected chi connectivity index (χ1v) is 5.59. The van der Waals surface area contributed by atoms with Crippen molar-refractivity contribution < 1.29 is 4.74 Å². The molecule has 2 heteroatoms. The predicted octanol–water partition coefficient (Wildman–Crippen LogP) is 1.78. The summed E-state index contributed by atoms with van der Waals surface area (Å²) in [6.45, 7) is 5.38. The van der Waals surface area contributed by atoms with Crippen LogP contribution in [0.3, 0.4) is 0 Å². The standard InChI is InChI=1S/C11H21NO/c1-7-8(2)13-10-5-3-4-9(6-12)11(7)10/h7-11H,3-6,12H2,1-2H3/t7-,8+,9+,10+,11+/m1/s1. The van der Waals surface area contributed by atoms with Gasteiger partial charge < -0.3 is 10.5 Å². The summed E-state index contributed by atoms with van der Waals surface area (Å²) < 4.78 is 5.95. The quantitative estimate of drug-likeness (QED) is 0.672. The SMILES string of the molecule is C[C@H]1[C@H]2[C@H](CN)CCC[C@@H]2O[C@H]1C. The van der Waals surface area contributed by atoms with Gasteiger partial charge in [-0.2, -0.15) is 0 Å². The lowest BCUT2D eigenvalue weighted by atomic mass is 9.72. The van der Waals surface area contributed by atoms with Gasteiger partial charge in [0.15, 0.2) is 0 Å². The Morgan fingerprint density at radius 3 is 2.77 bits per heavy atom. The zero-order chi connectivity index (χ0) is 9.42. The van der Waals surface area contributed by atoms with Crippen LogP contribution in [0.15, 0.2) is 0 Å². The van der Waals surface area contributed by atoms with Gasteiger partial charge >= 0.3 is 0 Å². The van der Waals surface area contributed by atoms with Crippen LogP contribution in [0, 0.1) is 17.8 Å². The van der Waals surface area contributed by atoms with Crippen LogP contribution in [-0.2, 0) is 4.74 Å². The van der Waals surface area contributed by atoms with Gasteiger partial charge in [0, 0.05) is 0 Å². The molecular formula is C11H21NO. The van der Waals surface area contributed by atoms with Crippen molar-refractivity contribution in [3.05, 3.63) is 0 Å². The van der Waals surface area contributed by atoms with Crippen molar-refractivity contribution in [3.8, 4) is 0 Å². The van der Waals surface area contributed by atoms with Crippen molar-refractivity contribution in [1.29, 1.82) is 0 Å². The zero-order valence-electron chi connectivity index (χ0n) is 8.70. The molecule has 2 rings (SSSR count). The minimum Gasteiger partial charge on any atom is -0.375 e. The summed E-state index contributed by atoms with van der Waals surface area (Å²) in [5, 5.41) is 0. The van der Waals surface area contributed by atoms with Crippen molar-refractivity contribution in [3.63, 3.8) is 0 Å². The number of hydrogen-bond acceptors (Lipinski definition) is 2. The van der Waals surface area contributed by atoms with Gasteiger partial charge in [0.1, 0.15) is 0 Å². The number of nitrogens with two attached hydrogens (primary N) is 1. The van der Waals surface area contributed by atoms with Gasteiger partial charge in [-0.05, 0) is 44.1 Å². The highest BCUT2D eigenvalue weighted by atomic mass is 16.5. The zero-order valence-corrected chi connectivity index (χ0v) is 8.70. The van der Waals surface area contributed by atoms with E-state index in [0.29, 0.717) is 18.1 Å². The Morgan fingerprint density at radius 1 is 1.31 bits per heavy atom. The van der Waals surface area contributed by atoms with Gasteiger partial charge in [-0.1, -0.05) is 13.3 Å². The average molecular weight is 183 g/mol. The molecule has 13 heavy (non-hydrogen) atoms. The van der Waals surface area contributed by atoms with Crippen LogP contribution in [0.4, 0.5) is 0 Å². The molecule has 1 heterocycles. The lowest BCUT2D eigenvalue weighted by molar-refractivity contribution is 0.0138. The molecule has 1 saturated carbocycles. The first kappa shape index (κ1) is 9.47. The summed E-state index contributed by atoms with van der Waals surface area (Å²) in [6, 6.07) is 0. The van der Waals surface area contributed by atoms with Crippen molar-refractivity contribution in [2.24, 2.45) is 23.5 Å². The van der Waals surface area contributed by atoms with Gasteiger partial charge in [-0.3, -0.25) is 0 Å². The maximum atomic E-state index is 5.95. The first-order valence-electron chi connectivity index (χ1n) is 5.59.